The third kappa shape index (κ3) is 5.21. The van der Waals surface area contributed by atoms with E-state index in [1.807, 2.05) is 43.3 Å². The number of methoxy groups -OCH3 is 1. The molecule has 0 aliphatic rings. The van der Waals surface area contributed by atoms with Gasteiger partial charge in [0.2, 0.25) is 0 Å². The fourth-order valence-corrected chi connectivity index (χ4v) is 3.18. The van der Waals surface area contributed by atoms with E-state index in [-0.39, 0.29) is 10.6 Å². The number of carbonyl (C=O) groups is 1. The number of benzene rings is 3. The van der Waals surface area contributed by atoms with Gasteiger partial charge in [-0.1, -0.05) is 53.6 Å². The van der Waals surface area contributed by atoms with E-state index in [1.54, 1.807) is 19.2 Å². The van der Waals surface area contributed by atoms with Crippen molar-refractivity contribution >= 4 is 23.3 Å². The van der Waals surface area contributed by atoms with Crippen LogP contribution in [-0.2, 0) is 13.2 Å². The maximum absolute atomic E-state index is 11.3. The van der Waals surface area contributed by atoms with Crippen LogP contribution in [-0.4, -0.2) is 18.2 Å². The molecule has 0 heterocycles. The molecule has 0 amide bonds. The molecule has 0 bridgehead atoms. The highest BCUT2D eigenvalue weighted by molar-refractivity contribution is 6.33. The van der Waals surface area contributed by atoms with Crippen LogP contribution in [0.3, 0.4) is 0 Å². The molecule has 3 rings (SSSR count). The molecule has 2 N–H and O–H groups in total. The summed E-state index contributed by atoms with van der Waals surface area (Å²) in [5, 5.41) is 12.7. The summed E-state index contributed by atoms with van der Waals surface area (Å²) in [6.45, 7) is 2.89. The summed E-state index contributed by atoms with van der Waals surface area (Å²) in [6.07, 6.45) is 0. The van der Waals surface area contributed by atoms with E-state index >= 15 is 0 Å². The summed E-state index contributed by atoms with van der Waals surface area (Å²) in [5.41, 5.74) is 3.84. The first kappa shape index (κ1) is 20.6. The number of rotatable bonds is 8. The molecule has 0 spiro atoms. The van der Waals surface area contributed by atoms with Crippen molar-refractivity contribution in [3.63, 3.8) is 0 Å². The molecule has 150 valence electrons. The average molecular weight is 412 g/mol. The van der Waals surface area contributed by atoms with Crippen molar-refractivity contribution in [2.45, 2.75) is 20.1 Å². The summed E-state index contributed by atoms with van der Waals surface area (Å²) in [5.74, 6) is 0.220. The maximum Gasteiger partial charge on any atom is 0.337 e. The summed E-state index contributed by atoms with van der Waals surface area (Å²) in [6, 6.07) is 18.6. The third-order valence-electron chi connectivity index (χ3n) is 4.43. The number of carboxylic acids is 1. The Morgan fingerprint density at radius 1 is 1.10 bits per heavy atom. The quantitative estimate of drug-likeness (QED) is 0.509. The lowest BCUT2D eigenvalue weighted by atomic mass is 10.1. The Bertz CT molecular complexity index is 1020. The number of aryl methyl sites for hydroxylation is 1. The summed E-state index contributed by atoms with van der Waals surface area (Å²) in [4.78, 5) is 11.3. The number of nitrogens with one attached hydrogen (secondary N) is 1. The van der Waals surface area contributed by atoms with Gasteiger partial charge in [0.15, 0.2) is 11.5 Å². The first-order valence-electron chi connectivity index (χ1n) is 9.09. The van der Waals surface area contributed by atoms with Crippen LogP contribution in [0, 0.1) is 6.92 Å². The second-order valence-corrected chi connectivity index (χ2v) is 6.99. The SMILES string of the molecule is COc1cccc(CNc2ccc(Cl)c(C(=O)O)c2)c1OCc1cccc(C)c1. The molecule has 0 fully saturated rings. The van der Waals surface area contributed by atoms with E-state index in [1.165, 1.54) is 11.6 Å². The lowest BCUT2D eigenvalue weighted by molar-refractivity contribution is 0.0697. The first-order chi connectivity index (χ1) is 14.0. The molecule has 0 unspecified atom stereocenters. The normalized spacial score (nSPS) is 10.4. The summed E-state index contributed by atoms with van der Waals surface area (Å²) in [7, 11) is 1.60. The molecule has 0 radical (unpaired) electrons. The lowest BCUT2D eigenvalue weighted by Gasteiger charge is -2.16. The van der Waals surface area contributed by atoms with Gasteiger partial charge in [0.25, 0.3) is 0 Å². The van der Waals surface area contributed by atoms with Crippen molar-refractivity contribution in [2.75, 3.05) is 12.4 Å². The molecule has 0 saturated heterocycles. The molecule has 0 atom stereocenters. The molecule has 0 saturated carbocycles. The minimum Gasteiger partial charge on any atom is -0.493 e. The van der Waals surface area contributed by atoms with Crippen molar-refractivity contribution in [2.24, 2.45) is 0 Å². The number of halogens is 1. The average Bonchev–Trinajstić information content (AvgIpc) is 2.71. The van der Waals surface area contributed by atoms with Crippen molar-refractivity contribution in [1.82, 2.24) is 0 Å². The van der Waals surface area contributed by atoms with Gasteiger partial charge in [-0.15, -0.1) is 0 Å². The number of ether oxygens (including phenoxy) is 2. The molecule has 0 aromatic heterocycles. The van der Waals surface area contributed by atoms with Crippen LogP contribution in [0.1, 0.15) is 27.0 Å². The largest absolute Gasteiger partial charge is 0.493 e. The minimum absolute atomic E-state index is 0.0539. The monoisotopic (exact) mass is 411 g/mol. The van der Waals surface area contributed by atoms with Crippen molar-refractivity contribution < 1.29 is 19.4 Å². The fourth-order valence-electron chi connectivity index (χ4n) is 2.98. The fraction of sp³-hybridized carbons (Fsp3) is 0.174. The highest BCUT2D eigenvalue weighted by Crippen LogP contribution is 2.32. The second kappa shape index (κ2) is 9.34. The molecule has 0 aliphatic carbocycles. The van der Waals surface area contributed by atoms with E-state index in [4.69, 9.17) is 21.1 Å². The van der Waals surface area contributed by atoms with Gasteiger partial charge < -0.3 is 19.9 Å². The Labute approximate surface area is 174 Å². The van der Waals surface area contributed by atoms with Gasteiger partial charge in [-0.05, 0) is 36.8 Å². The van der Waals surface area contributed by atoms with Crippen LogP contribution in [0.2, 0.25) is 5.02 Å². The number of anilines is 1. The molecule has 5 nitrogen and oxygen atoms in total. The second-order valence-electron chi connectivity index (χ2n) is 6.58. The van der Waals surface area contributed by atoms with Crippen LogP contribution in [0.15, 0.2) is 60.7 Å². The Kier molecular flexibility index (Phi) is 6.62. The molecular weight excluding hydrogens is 390 g/mol. The van der Waals surface area contributed by atoms with E-state index in [0.717, 1.165) is 11.1 Å². The number of hydrogen-bond donors (Lipinski definition) is 2. The van der Waals surface area contributed by atoms with E-state index < -0.39 is 5.97 Å². The number of carboxylic acid groups (broad SMARTS) is 1. The van der Waals surface area contributed by atoms with Gasteiger partial charge in [-0.25, -0.2) is 4.79 Å². The Hall–Kier alpha value is -3.18. The van der Waals surface area contributed by atoms with E-state index in [0.29, 0.717) is 30.3 Å². The maximum atomic E-state index is 11.3. The topological polar surface area (TPSA) is 67.8 Å². The Morgan fingerprint density at radius 2 is 1.90 bits per heavy atom. The lowest BCUT2D eigenvalue weighted by Crippen LogP contribution is -2.06. The van der Waals surface area contributed by atoms with Crippen LogP contribution in [0.5, 0.6) is 11.5 Å². The Balaban J connectivity index is 1.79. The zero-order chi connectivity index (χ0) is 20.8. The predicted molar refractivity (Wildman–Crippen MR) is 114 cm³/mol. The molecular formula is C23H22ClNO4. The van der Waals surface area contributed by atoms with Crippen LogP contribution < -0.4 is 14.8 Å². The summed E-state index contributed by atoms with van der Waals surface area (Å²) < 4.78 is 11.6. The standard InChI is InChI=1S/C23H22ClNO4/c1-15-5-3-6-16(11-15)14-29-22-17(7-4-8-21(22)28-2)13-25-18-9-10-20(24)19(12-18)23(26)27/h3-12,25H,13-14H2,1-2H3,(H,26,27). The third-order valence-corrected chi connectivity index (χ3v) is 4.76. The Morgan fingerprint density at radius 3 is 2.62 bits per heavy atom. The highest BCUT2D eigenvalue weighted by Gasteiger charge is 2.13. The van der Waals surface area contributed by atoms with E-state index in [2.05, 4.69) is 11.4 Å². The first-order valence-corrected chi connectivity index (χ1v) is 9.46. The predicted octanol–water partition coefficient (Wildman–Crippen LogP) is 5.55. The molecule has 3 aromatic carbocycles. The molecule has 0 aliphatic heterocycles. The van der Waals surface area contributed by atoms with Crippen LogP contribution in [0.25, 0.3) is 0 Å². The summed E-state index contributed by atoms with van der Waals surface area (Å²) >= 11 is 5.94. The van der Waals surface area contributed by atoms with Crippen LogP contribution >= 0.6 is 11.6 Å². The van der Waals surface area contributed by atoms with Gasteiger partial charge in [-0.2, -0.15) is 0 Å². The van der Waals surface area contributed by atoms with E-state index in [9.17, 15) is 9.90 Å². The highest BCUT2D eigenvalue weighted by atomic mass is 35.5. The molecule has 29 heavy (non-hydrogen) atoms. The minimum atomic E-state index is -1.07. The van der Waals surface area contributed by atoms with Crippen molar-refractivity contribution in [3.8, 4) is 11.5 Å². The van der Waals surface area contributed by atoms with Crippen molar-refractivity contribution in [3.05, 3.63) is 87.9 Å². The van der Waals surface area contributed by atoms with Gasteiger partial charge >= 0.3 is 5.97 Å². The number of hydrogen-bond acceptors (Lipinski definition) is 4. The smallest absolute Gasteiger partial charge is 0.337 e. The molecule has 6 heteroatoms. The zero-order valence-corrected chi connectivity index (χ0v) is 17.0. The zero-order valence-electron chi connectivity index (χ0n) is 16.2. The van der Waals surface area contributed by atoms with Gasteiger partial charge in [0.1, 0.15) is 6.61 Å². The number of para-hydroxylation sites is 1. The van der Waals surface area contributed by atoms with Crippen LogP contribution in [0.4, 0.5) is 5.69 Å². The molecule has 3 aromatic rings. The van der Waals surface area contributed by atoms with Gasteiger partial charge in [0, 0.05) is 17.8 Å². The van der Waals surface area contributed by atoms with Crippen molar-refractivity contribution in [1.29, 1.82) is 0 Å². The van der Waals surface area contributed by atoms with Gasteiger partial charge in [0.05, 0.1) is 17.7 Å². The number of aromatic carboxylic acids is 1. The van der Waals surface area contributed by atoms with Gasteiger partial charge in [-0.3, -0.25) is 0 Å².